The molecule has 0 aromatic heterocycles. The fourth-order valence-electron chi connectivity index (χ4n) is 1.84. The van der Waals surface area contributed by atoms with Gasteiger partial charge in [0, 0.05) is 25.2 Å². The third kappa shape index (κ3) is 3.68. The number of amides is 1. The molecule has 3 N–H and O–H groups in total. The molecule has 1 aliphatic rings. The molecule has 2 atom stereocenters. The first-order valence-electron chi connectivity index (χ1n) is 6.65. The van der Waals surface area contributed by atoms with E-state index in [-0.39, 0.29) is 5.91 Å². The van der Waals surface area contributed by atoms with E-state index < -0.39 is 5.41 Å². The van der Waals surface area contributed by atoms with E-state index in [1.54, 1.807) is 0 Å². The average molecular weight is 241 g/mol. The first kappa shape index (κ1) is 14.5. The Hall–Kier alpha value is -0.610. The average Bonchev–Trinajstić information content (AvgIpc) is 3.17. The van der Waals surface area contributed by atoms with Gasteiger partial charge in [-0.2, -0.15) is 0 Å². The fraction of sp³-hybridized carbons (Fsp3) is 0.923. The Bertz CT molecular complexity index is 259. The second kappa shape index (κ2) is 5.83. The molecule has 4 heteroatoms. The lowest BCUT2D eigenvalue weighted by molar-refractivity contribution is -0.130. The van der Waals surface area contributed by atoms with Crippen LogP contribution in [0.1, 0.15) is 40.0 Å². The summed E-state index contributed by atoms with van der Waals surface area (Å²) in [6.07, 6.45) is 3.37. The van der Waals surface area contributed by atoms with Crippen LogP contribution in [0.5, 0.6) is 0 Å². The van der Waals surface area contributed by atoms with E-state index in [0.29, 0.717) is 19.1 Å². The molecule has 4 nitrogen and oxygen atoms in total. The van der Waals surface area contributed by atoms with Crippen LogP contribution in [0.15, 0.2) is 0 Å². The Morgan fingerprint density at radius 1 is 1.59 bits per heavy atom. The van der Waals surface area contributed by atoms with E-state index in [1.165, 1.54) is 12.8 Å². The van der Waals surface area contributed by atoms with E-state index in [1.807, 2.05) is 13.8 Å². The molecular weight excluding hydrogens is 214 g/mol. The zero-order valence-corrected chi connectivity index (χ0v) is 11.6. The second-order valence-electron chi connectivity index (χ2n) is 5.57. The number of hydrogen-bond acceptors (Lipinski definition) is 3. The predicted octanol–water partition coefficient (Wildman–Crippen LogP) is 0.960. The lowest BCUT2D eigenvalue weighted by Crippen LogP contribution is -2.48. The van der Waals surface area contributed by atoms with Crippen LogP contribution in [0.25, 0.3) is 0 Å². The summed E-state index contributed by atoms with van der Waals surface area (Å²) in [5, 5.41) is 3.03. The number of likely N-dealkylation sites (N-methyl/N-ethyl adjacent to an activating group) is 1. The van der Waals surface area contributed by atoms with E-state index in [2.05, 4.69) is 24.2 Å². The zero-order valence-electron chi connectivity index (χ0n) is 11.6. The molecular formula is C13H27N3O. The number of carbonyl (C=O) groups is 1. The summed E-state index contributed by atoms with van der Waals surface area (Å²) in [7, 11) is 2.14. The van der Waals surface area contributed by atoms with Gasteiger partial charge in [0.1, 0.15) is 0 Å². The fourth-order valence-corrected chi connectivity index (χ4v) is 1.84. The van der Waals surface area contributed by atoms with Crippen molar-refractivity contribution in [3.05, 3.63) is 0 Å². The topological polar surface area (TPSA) is 58.4 Å². The summed E-state index contributed by atoms with van der Waals surface area (Å²) in [5.74, 6) is 0.0820. The minimum atomic E-state index is -0.419. The molecule has 1 amide bonds. The molecule has 100 valence electrons. The summed E-state index contributed by atoms with van der Waals surface area (Å²) in [6.45, 7) is 7.21. The van der Waals surface area contributed by atoms with Crippen molar-refractivity contribution >= 4 is 5.91 Å². The smallest absolute Gasteiger partial charge is 0.227 e. The second-order valence-corrected chi connectivity index (χ2v) is 5.57. The molecule has 0 heterocycles. The van der Waals surface area contributed by atoms with Crippen molar-refractivity contribution in [2.24, 2.45) is 11.1 Å². The lowest BCUT2D eigenvalue weighted by Gasteiger charge is -2.29. The Balaban J connectivity index is 2.36. The minimum absolute atomic E-state index is 0.0820. The summed E-state index contributed by atoms with van der Waals surface area (Å²) in [4.78, 5) is 14.4. The Labute approximate surface area is 105 Å². The number of nitrogens with zero attached hydrogens (tertiary/aromatic N) is 1. The van der Waals surface area contributed by atoms with Crippen molar-refractivity contribution < 1.29 is 4.79 Å². The molecule has 1 fully saturated rings. The summed E-state index contributed by atoms with van der Waals surface area (Å²) in [6, 6.07) is 1.12. The molecule has 0 spiro atoms. The zero-order chi connectivity index (χ0) is 13.1. The van der Waals surface area contributed by atoms with Crippen LogP contribution in [0.4, 0.5) is 0 Å². The van der Waals surface area contributed by atoms with Crippen LogP contribution in [0.3, 0.4) is 0 Å². The van der Waals surface area contributed by atoms with Crippen molar-refractivity contribution in [3.8, 4) is 0 Å². The number of rotatable bonds is 7. The van der Waals surface area contributed by atoms with Gasteiger partial charge in [-0.15, -0.1) is 0 Å². The predicted molar refractivity (Wildman–Crippen MR) is 70.7 cm³/mol. The molecule has 0 aliphatic heterocycles. The maximum Gasteiger partial charge on any atom is 0.227 e. The number of nitrogens with two attached hydrogens (primary N) is 1. The van der Waals surface area contributed by atoms with Crippen molar-refractivity contribution in [1.82, 2.24) is 10.2 Å². The van der Waals surface area contributed by atoms with E-state index >= 15 is 0 Å². The van der Waals surface area contributed by atoms with E-state index in [4.69, 9.17) is 5.73 Å². The highest BCUT2D eigenvalue weighted by molar-refractivity contribution is 5.82. The third-order valence-electron chi connectivity index (χ3n) is 4.16. The first-order valence-corrected chi connectivity index (χ1v) is 6.65. The van der Waals surface area contributed by atoms with Gasteiger partial charge in [0.2, 0.25) is 5.91 Å². The van der Waals surface area contributed by atoms with Crippen molar-refractivity contribution in [2.75, 3.05) is 20.1 Å². The normalized spacial score (nSPS) is 21.1. The molecule has 0 saturated heterocycles. The van der Waals surface area contributed by atoms with Crippen molar-refractivity contribution in [2.45, 2.75) is 52.1 Å². The minimum Gasteiger partial charge on any atom is -0.354 e. The standard InChI is InChI=1S/C13H27N3O/c1-5-13(3,9-14)12(17)15-8-10(2)16(4)11-6-7-11/h10-11H,5-9,14H2,1-4H3,(H,15,17). The van der Waals surface area contributed by atoms with Gasteiger partial charge in [0.05, 0.1) is 5.41 Å². The van der Waals surface area contributed by atoms with Crippen LogP contribution in [0, 0.1) is 5.41 Å². The highest BCUT2D eigenvalue weighted by Gasteiger charge is 2.32. The van der Waals surface area contributed by atoms with Crippen LogP contribution in [0.2, 0.25) is 0 Å². The van der Waals surface area contributed by atoms with Gasteiger partial charge in [-0.1, -0.05) is 6.92 Å². The van der Waals surface area contributed by atoms with E-state index in [9.17, 15) is 4.79 Å². The van der Waals surface area contributed by atoms with Crippen molar-refractivity contribution in [1.29, 1.82) is 0 Å². The summed E-state index contributed by atoms with van der Waals surface area (Å²) < 4.78 is 0. The van der Waals surface area contributed by atoms with Crippen LogP contribution in [-0.4, -0.2) is 43.0 Å². The SMILES string of the molecule is CCC(C)(CN)C(=O)NCC(C)N(C)C1CC1. The lowest BCUT2D eigenvalue weighted by atomic mass is 9.86. The molecule has 0 radical (unpaired) electrons. The molecule has 0 aromatic carbocycles. The molecule has 0 bridgehead atoms. The van der Waals surface area contributed by atoms with E-state index in [0.717, 1.165) is 12.5 Å². The van der Waals surface area contributed by atoms with Crippen LogP contribution in [-0.2, 0) is 4.79 Å². The monoisotopic (exact) mass is 241 g/mol. The highest BCUT2D eigenvalue weighted by Crippen LogP contribution is 2.26. The third-order valence-corrected chi connectivity index (χ3v) is 4.16. The Morgan fingerprint density at radius 2 is 2.18 bits per heavy atom. The molecule has 17 heavy (non-hydrogen) atoms. The maximum absolute atomic E-state index is 12.0. The van der Waals surface area contributed by atoms with Gasteiger partial charge < -0.3 is 11.1 Å². The first-order chi connectivity index (χ1) is 7.94. The number of nitrogens with one attached hydrogen (secondary N) is 1. The molecule has 2 unspecified atom stereocenters. The van der Waals surface area contributed by atoms with Gasteiger partial charge in [-0.25, -0.2) is 0 Å². The molecule has 1 aliphatic carbocycles. The van der Waals surface area contributed by atoms with Gasteiger partial charge in [0.15, 0.2) is 0 Å². The van der Waals surface area contributed by atoms with Gasteiger partial charge >= 0.3 is 0 Å². The van der Waals surface area contributed by atoms with Gasteiger partial charge in [0.25, 0.3) is 0 Å². The molecule has 1 saturated carbocycles. The van der Waals surface area contributed by atoms with Crippen LogP contribution < -0.4 is 11.1 Å². The molecule has 0 aromatic rings. The molecule has 1 rings (SSSR count). The van der Waals surface area contributed by atoms with Gasteiger partial charge in [-0.05, 0) is 40.2 Å². The van der Waals surface area contributed by atoms with Crippen molar-refractivity contribution in [3.63, 3.8) is 0 Å². The summed E-state index contributed by atoms with van der Waals surface area (Å²) >= 11 is 0. The Morgan fingerprint density at radius 3 is 2.59 bits per heavy atom. The van der Waals surface area contributed by atoms with Crippen LogP contribution >= 0.6 is 0 Å². The van der Waals surface area contributed by atoms with Gasteiger partial charge in [-0.3, -0.25) is 9.69 Å². The summed E-state index contributed by atoms with van der Waals surface area (Å²) in [5.41, 5.74) is 5.25. The quantitative estimate of drug-likeness (QED) is 0.698. The number of hydrogen-bond donors (Lipinski definition) is 2. The largest absolute Gasteiger partial charge is 0.354 e. The Kier molecular flexibility index (Phi) is 4.95. The maximum atomic E-state index is 12.0. The number of carbonyl (C=O) groups excluding carboxylic acids is 1. The highest BCUT2D eigenvalue weighted by atomic mass is 16.2.